The Balaban J connectivity index is 1.98. The van der Waals surface area contributed by atoms with Crippen LogP contribution in [0.5, 0.6) is 5.88 Å². The molecule has 0 spiro atoms. The minimum Gasteiger partial charge on any atom is -0.481 e. The number of anilines is 1. The fourth-order valence-corrected chi connectivity index (χ4v) is 2.07. The number of nitrogen functional groups attached to an aromatic ring is 1. The molecular weight excluding hydrogens is 240 g/mol. The lowest BCUT2D eigenvalue weighted by Crippen LogP contribution is -2.04. The van der Waals surface area contributed by atoms with Gasteiger partial charge >= 0.3 is 0 Å². The highest BCUT2D eigenvalue weighted by atomic mass is 16.5. The number of imidazole rings is 1. The van der Waals surface area contributed by atoms with Crippen LogP contribution in [0.3, 0.4) is 0 Å². The van der Waals surface area contributed by atoms with Crippen molar-refractivity contribution in [1.82, 2.24) is 14.5 Å². The molecule has 0 aliphatic rings. The number of fused-ring (bicyclic) bond motifs is 1. The van der Waals surface area contributed by atoms with Crippen molar-refractivity contribution in [3.63, 3.8) is 0 Å². The molecule has 0 saturated heterocycles. The summed E-state index contributed by atoms with van der Waals surface area (Å²) in [6.07, 6.45) is 1.78. The molecule has 1 aromatic carbocycles. The van der Waals surface area contributed by atoms with Crippen LogP contribution in [0.2, 0.25) is 0 Å². The van der Waals surface area contributed by atoms with E-state index >= 15 is 0 Å². The molecule has 5 heteroatoms. The van der Waals surface area contributed by atoms with E-state index in [1.54, 1.807) is 13.3 Å². The molecule has 0 atom stereocenters. The predicted octanol–water partition coefficient (Wildman–Crippen LogP) is 2.07. The number of methoxy groups -OCH3 is 1. The van der Waals surface area contributed by atoms with Crippen LogP contribution >= 0.6 is 0 Å². The Morgan fingerprint density at radius 2 is 2.05 bits per heavy atom. The van der Waals surface area contributed by atoms with E-state index in [0.717, 1.165) is 16.6 Å². The lowest BCUT2D eigenvalue weighted by molar-refractivity contribution is 0.397. The van der Waals surface area contributed by atoms with Crippen LogP contribution in [0.15, 0.2) is 42.6 Å². The van der Waals surface area contributed by atoms with E-state index in [1.807, 2.05) is 41.0 Å². The summed E-state index contributed by atoms with van der Waals surface area (Å²) in [5.74, 6) is 1.12. The van der Waals surface area contributed by atoms with Gasteiger partial charge in [-0.1, -0.05) is 18.2 Å². The summed E-state index contributed by atoms with van der Waals surface area (Å²) in [5, 5.41) is 0. The average Bonchev–Trinajstić information content (AvgIpc) is 2.76. The van der Waals surface area contributed by atoms with Gasteiger partial charge in [0.05, 0.1) is 24.7 Å². The lowest BCUT2D eigenvalue weighted by Gasteiger charge is -2.07. The molecule has 0 saturated carbocycles. The topological polar surface area (TPSA) is 66.0 Å². The Bertz CT molecular complexity index is 703. The fourth-order valence-electron chi connectivity index (χ4n) is 2.07. The second-order valence-electron chi connectivity index (χ2n) is 4.25. The number of hydrogen-bond donors (Lipinski definition) is 1. The molecule has 96 valence electrons. The van der Waals surface area contributed by atoms with Gasteiger partial charge in [-0.3, -0.25) is 0 Å². The van der Waals surface area contributed by atoms with Gasteiger partial charge in [0, 0.05) is 12.3 Å². The van der Waals surface area contributed by atoms with Gasteiger partial charge in [-0.2, -0.15) is 0 Å². The number of pyridine rings is 1. The van der Waals surface area contributed by atoms with Crippen LogP contribution in [0, 0.1) is 0 Å². The molecule has 2 N–H and O–H groups in total. The summed E-state index contributed by atoms with van der Waals surface area (Å²) in [4.78, 5) is 8.53. The van der Waals surface area contributed by atoms with E-state index < -0.39 is 0 Å². The van der Waals surface area contributed by atoms with Crippen molar-refractivity contribution in [2.75, 3.05) is 12.8 Å². The van der Waals surface area contributed by atoms with Crippen LogP contribution in [0.1, 0.15) is 5.56 Å². The summed E-state index contributed by atoms with van der Waals surface area (Å²) in [6.45, 7) is 0.642. The second-order valence-corrected chi connectivity index (χ2v) is 4.25. The Labute approximate surface area is 110 Å². The number of benzene rings is 1. The van der Waals surface area contributed by atoms with Crippen molar-refractivity contribution in [2.45, 2.75) is 6.54 Å². The molecule has 0 bridgehead atoms. The average molecular weight is 254 g/mol. The van der Waals surface area contributed by atoms with E-state index in [9.17, 15) is 0 Å². The molecular formula is C14H14N4O. The van der Waals surface area contributed by atoms with Gasteiger partial charge in [0.15, 0.2) is 0 Å². The summed E-state index contributed by atoms with van der Waals surface area (Å²) in [6, 6.07) is 11.7. The van der Waals surface area contributed by atoms with Gasteiger partial charge in [-0.05, 0) is 17.7 Å². The third kappa shape index (κ3) is 2.10. The van der Waals surface area contributed by atoms with Crippen molar-refractivity contribution in [1.29, 1.82) is 0 Å². The molecule has 0 unspecified atom stereocenters. The maximum atomic E-state index is 5.96. The molecule has 0 aliphatic carbocycles. The molecule has 0 aliphatic heterocycles. The monoisotopic (exact) mass is 254 g/mol. The molecule has 0 amide bonds. The van der Waals surface area contributed by atoms with Gasteiger partial charge in [0.2, 0.25) is 11.8 Å². The van der Waals surface area contributed by atoms with Gasteiger partial charge in [0.1, 0.15) is 0 Å². The molecule has 2 aromatic heterocycles. The first-order chi connectivity index (χ1) is 9.28. The summed E-state index contributed by atoms with van der Waals surface area (Å²) < 4.78 is 7.01. The maximum Gasteiger partial charge on any atom is 0.212 e. The van der Waals surface area contributed by atoms with E-state index in [-0.39, 0.29) is 0 Å². The fraction of sp³-hybridized carbons (Fsp3) is 0.143. The number of rotatable bonds is 3. The van der Waals surface area contributed by atoms with Gasteiger partial charge in [-0.25, -0.2) is 9.97 Å². The minimum absolute atomic E-state index is 0.511. The molecule has 2 heterocycles. The molecule has 5 nitrogen and oxygen atoms in total. The molecule has 3 rings (SSSR count). The van der Waals surface area contributed by atoms with Crippen molar-refractivity contribution < 1.29 is 4.74 Å². The minimum atomic E-state index is 0.511. The standard InChI is InChI=1S/C14H14N4O/c1-19-13-7-6-10(8-16-13)9-18-12-5-3-2-4-11(12)17-14(18)15/h2-8H,9H2,1H3,(H2,15,17). The number of para-hydroxylation sites is 2. The van der Waals surface area contributed by atoms with Gasteiger partial charge < -0.3 is 15.0 Å². The normalized spacial score (nSPS) is 10.8. The van der Waals surface area contributed by atoms with E-state index in [0.29, 0.717) is 18.4 Å². The van der Waals surface area contributed by atoms with Gasteiger partial charge in [-0.15, -0.1) is 0 Å². The number of aromatic nitrogens is 3. The molecule has 19 heavy (non-hydrogen) atoms. The molecule has 3 aromatic rings. The van der Waals surface area contributed by atoms with Gasteiger partial charge in [0.25, 0.3) is 0 Å². The Hall–Kier alpha value is -2.56. The third-order valence-corrected chi connectivity index (χ3v) is 3.03. The van der Waals surface area contributed by atoms with Crippen molar-refractivity contribution >= 4 is 17.0 Å². The Kier molecular flexibility index (Phi) is 2.79. The predicted molar refractivity (Wildman–Crippen MR) is 74.0 cm³/mol. The first-order valence-corrected chi connectivity index (χ1v) is 5.97. The summed E-state index contributed by atoms with van der Waals surface area (Å²) >= 11 is 0. The van der Waals surface area contributed by atoms with Crippen molar-refractivity contribution in [3.8, 4) is 5.88 Å². The van der Waals surface area contributed by atoms with E-state index in [2.05, 4.69) is 9.97 Å². The highest BCUT2D eigenvalue weighted by Gasteiger charge is 2.08. The van der Waals surface area contributed by atoms with Crippen molar-refractivity contribution in [2.24, 2.45) is 0 Å². The van der Waals surface area contributed by atoms with Crippen LogP contribution in [-0.4, -0.2) is 21.6 Å². The zero-order valence-electron chi connectivity index (χ0n) is 10.6. The van der Waals surface area contributed by atoms with E-state index in [1.165, 1.54) is 0 Å². The Morgan fingerprint density at radius 3 is 2.79 bits per heavy atom. The number of hydrogen-bond acceptors (Lipinski definition) is 4. The number of nitrogens with zero attached hydrogens (tertiary/aromatic N) is 3. The van der Waals surface area contributed by atoms with Crippen LogP contribution in [-0.2, 0) is 6.54 Å². The smallest absolute Gasteiger partial charge is 0.212 e. The second kappa shape index (κ2) is 4.61. The summed E-state index contributed by atoms with van der Waals surface area (Å²) in [5.41, 5.74) is 8.94. The molecule has 0 radical (unpaired) electrons. The highest BCUT2D eigenvalue weighted by molar-refractivity contribution is 5.78. The zero-order valence-corrected chi connectivity index (χ0v) is 10.6. The quantitative estimate of drug-likeness (QED) is 0.777. The zero-order chi connectivity index (χ0) is 13.2. The first-order valence-electron chi connectivity index (χ1n) is 5.97. The Morgan fingerprint density at radius 1 is 1.21 bits per heavy atom. The highest BCUT2D eigenvalue weighted by Crippen LogP contribution is 2.19. The summed E-state index contributed by atoms with van der Waals surface area (Å²) in [7, 11) is 1.60. The number of nitrogens with two attached hydrogens (primary N) is 1. The third-order valence-electron chi connectivity index (χ3n) is 3.03. The largest absolute Gasteiger partial charge is 0.481 e. The lowest BCUT2D eigenvalue weighted by atomic mass is 10.2. The van der Waals surface area contributed by atoms with Crippen LogP contribution in [0.4, 0.5) is 5.95 Å². The maximum absolute atomic E-state index is 5.96. The SMILES string of the molecule is COc1ccc(Cn2c(N)nc3ccccc32)cn1. The number of ether oxygens (including phenoxy) is 1. The molecule has 0 fully saturated rings. The van der Waals surface area contributed by atoms with Crippen LogP contribution < -0.4 is 10.5 Å². The first kappa shape index (κ1) is 11.5. The van der Waals surface area contributed by atoms with E-state index in [4.69, 9.17) is 10.5 Å². The van der Waals surface area contributed by atoms with Crippen LogP contribution in [0.25, 0.3) is 11.0 Å². The van der Waals surface area contributed by atoms with Crippen molar-refractivity contribution in [3.05, 3.63) is 48.2 Å².